The van der Waals surface area contributed by atoms with Gasteiger partial charge in [-0.2, -0.15) is 0 Å². The number of methoxy groups -OCH3 is 3. The second-order valence-corrected chi connectivity index (χ2v) is 6.65. The number of benzene rings is 2. The fourth-order valence-electron chi connectivity index (χ4n) is 2.94. The molecule has 0 radical (unpaired) electrons. The van der Waals surface area contributed by atoms with Gasteiger partial charge in [0, 0.05) is 12.6 Å². The number of nitrogens with zero attached hydrogens (tertiary/aromatic N) is 1. The summed E-state index contributed by atoms with van der Waals surface area (Å²) in [6.07, 6.45) is 0.726. The summed E-state index contributed by atoms with van der Waals surface area (Å²) in [6, 6.07) is 13.8. The lowest BCUT2D eigenvalue weighted by atomic mass is 10.1. The molecule has 0 bridgehead atoms. The molecule has 1 amide bonds. The zero-order valence-electron chi connectivity index (χ0n) is 17.3. The molecule has 0 saturated heterocycles. The molecule has 1 N–H and O–H groups in total. The molecule has 0 aliphatic rings. The molecule has 1 unspecified atom stereocenters. The maximum atomic E-state index is 12.3. The number of hydrogen-bond acceptors (Lipinski definition) is 5. The van der Waals surface area contributed by atoms with E-state index in [2.05, 4.69) is 12.2 Å². The van der Waals surface area contributed by atoms with Crippen molar-refractivity contribution in [1.82, 2.24) is 10.2 Å². The maximum absolute atomic E-state index is 12.3. The van der Waals surface area contributed by atoms with Crippen molar-refractivity contribution < 1.29 is 19.0 Å². The minimum atomic E-state index is 0.00309. The molecule has 152 valence electrons. The van der Waals surface area contributed by atoms with Gasteiger partial charge in [-0.3, -0.25) is 9.69 Å². The third-order valence-electron chi connectivity index (χ3n) is 4.84. The van der Waals surface area contributed by atoms with Gasteiger partial charge in [0.1, 0.15) is 5.75 Å². The molecule has 6 heteroatoms. The van der Waals surface area contributed by atoms with E-state index >= 15 is 0 Å². The Morgan fingerprint density at radius 2 is 1.68 bits per heavy atom. The van der Waals surface area contributed by atoms with E-state index in [4.69, 9.17) is 14.2 Å². The molecule has 0 spiro atoms. The Morgan fingerprint density at radius 3 is 2.29 bits per heavy atom. The lowest BCUT2D eigenvalue weighted by Crippen LogP contribution is -2.37. The molecule has 0 heterocycles. The standard InChI is InChI=1S/C22H30N2O4/c1-16(18-7-9-19(26-3)10-8-18)24(2)15-22(25)23-13-12-17-6-11-20(27-4)21(14-17)28-5/h6-11,14,16H,12-13,15H2,1-5H3,(H,23,25). The van der Waals surface area contributed by atoms with E-state index in [-0.39, 0.29) is 11.9 Å². The number of rotatable bonds is 10. The molecule has 28 heavy (non-hydrogen) atoms. The largest absolute Gasteiger partial charge is 0.497 e. The van der Waals surface area contributed by atoms with Crippen molar-refractivity contribution >= 4 is 5.91 Å². The monoisotopic (exact) mass is 386 g/mol. The molecular formula is C22H30N2O4. The first-order valence-corrected chi connectivity index (χ1v) is 9.30. The Kier molecular flexibility index (Phi) is 8.14. The molecule has 6 nitrogen and oxygen atoms in total. The van der Waals surface area contributed by atoms with Gasteiger partial charge in [-0.05, 0) is 55.8 Å². The van der Waals surface area contributed by atoms with Crippen LogP contribution in [0.1, 0.15) is 24.1 Å². The number of hydrogen-bond donors (Lipinski definition) is 1. The molecule has 0 aromatic heterocycles. The third kappa shape index (κ3) is 5.89. The lowest BCUT2D eigenvalue weighted by molar-refractivity contribution is -0.122. The summed E-state index contributed by atoms with van der Waals surface area (Å²) in [5.41, 5.74) is 2.22. The van der Waals surface area contributed by atoms with Gasteiger partial charge in [-0.25, -0.2) is 0 Å². The Labute approximate surface area is 167 Å². The van der Waals surface area contributed by atoms with E-state index in [1.807, 2.05) is 54.4 Å². The molecule has 1 atom stereocenters. The van der Waals surface area contributed by atoms with E-state index in [0.29, 0.717) is 24.6 Å². The number of ether oxygens (including phenoxy) is 3. The van der Waals surface area contributed by atoms with E-state index < -0.39 is 0 Å². The van der Waals surface area contributed by atoms with E-state index in [9.17, 15) is 4.79 Å². The van der Waals surface area contributed by atoms with Gasteiger partial charge in [0.05, 0.1) is 27.9 Å². The molecular weight excluding hydrogens is 356 g/mol. The van der Waals surface area contributed by atoms with E-state index in [1.54, 1.807) is 21.3 Å². The average Bonchev–Trinajstić information content (AvgIpc) is 2.73. The summed E-state index contributed by atoms with van der Waals surface area (Å²) in [7, 11) is 6.82. The van der Waals surface area contributed by atoms with Crippen molar-refractivity contribution in [2.75, 3.05) is 41.5 Å². The Bertz CT molecular complexity index is 762. The Morgan fingerprint density at radius 1 is 1.00 bits per heavy atom. The van der Waals surface area contributed by atoms with Gasteiger partial charge < -0.3 is 19.5 Å². The highest BCUT2D eigenvalue weighted by Gasteiger charge is 2.15. The second-order valence-electron chi connectivity index (χ2n) is 6.65. The SMILES string of the molecule is COc1ccc(C(C)N(C)CC(=O)NCCc2ccc(OC)c(OC)c2)cc1. The first-order chi connectivity index (χ1) is 13.5. The summed E-state index contributed by atoms with van der Waals surface area (Å²) in [5, 5.41) is 2.98. The van der Waals surface area contributed by atoms with Crippen LogP contribution in [0.15, 0.2) is 42.5 Å². The molecule has 0 aliphatic carbocycles. The average molecular weight is 386 g/mol. The summed E-state index contributed by atoms with van der Waals surface area (Å²) in [6.45, 7) is 2.98. The Hall–Kier alpha value is -2.73. The fourth-order valence-corrected chi connectivity index (χ4v) is 2.94. The summed E-state index contributed by atoms with van der Waals surface area (Å²) in [4.78, 5) is 14.3. The van der Waals surface area contributed by atoms with Crippen LogP contribution in [0.5, 0.6) is 17.2 Å². The van der Waals surface area contributed by atoms with Crippen LogP contribution < -0.4 is 19.5 Å². The highest BCUT2D eigenvalue weighted by Crippen LogP contribution is 2.27. The zero-order valence-corrected chi connectivity index (χ0v) is 17.3. The van der Waals surface area contributed by atoms with Crippen molar-refractivity contribution in [2.45, 2.75) is 19.4 Å². The van der Waals surface area contributed by atoms with Crippen LogP contribution in [-0.2, 0) is 11.2 Å². The van der Waals surface area contributed by atoms with Gasteiger partial charge in [0.2, 0.25) is 5.91 Å². The van der Waals surface area contributed by atoms with Gasteiger partial charge in [0.25, 0.3) is 0 Å². The topological polar surface area (TPSA) is 60.0 Å². The number of carbonyl (C=O) groups excluding carboxylic acids is 1. The van der Waals surface area contributed by atoms with Crippen LogP contribution in [0.3, 0.4) is 0 Å². The smallest absolute Gasteiger partial charge is 0.234 e. The number of carbonyl (C=O) groups is 1. The molecule has 2 rings (SSSR count). The summed E-state index contributed by atoms with van der Waals surface area (Å²) in [5.74, 6) is 2.22. The third-order valence-corrected chi connectivity index (χ3v) is 4.84. The quantitative estimate of drug-likeness (QED) is 0.680. The predicted octanol–water partition coefficient (Wildman–Crippen LogP) is 3.06. The van der Waals surface area contributed by atoms with Gasteiger partial charge in [-0.15, -0.1) is 0 Å². The molecule has 2 aromatic rings. The van der Waals surface area contributed by atoms with Gasteiger partial charge >= 0.3 is 0 Å². The highest BCUT2D eigenvalue weighted by molar-refractivity contribution is 5.78. The van der Waals surface area contributed by atoms with Crippen molar-refractivity contribution in [1.29, 1.82) is 0 Å². The predicted molar refractivity (Wildman–Crippen MR) is 110 cm³/mol. The van der Waals surface area contributed by atoms with Gasteiger partial charge in [-0.1, -0.05) is 18.2 Å². The summed E-state index contributed by atoms with van der Waals surface area (Å²) < 4.78 is 15.7. The van der Waals surface area contributed by atoms with E-state index in [1.165, 1.54) is 0 Å². The molecule has 0 saturated carbocycles. The van der Waals surface area contributed by atoms with Crippen LogP contribution in [-0.4, -0.2) is 52.3 Å². The zero-order chi connectivity index (χ0) is 20.5. The van der Waals surface area contributed by atoms with Crippen molar-refractivity contribution in [3.05, 3.63) is 53.6 Å². The van der Waals surface area contributed by atoms with Crippen LogP contribution >= 0.6 is 0 Å². The van der Waals surface area contributed by atoms with Crippen molar-refractivity contribution in [3.63, 3.8) is 0 Å². The summed E-state index contributed by atoms with van der Waals surface area (Å²) >= 11 is 0. The molecule has 0 aliphatic heterocycles. The fraction of sp³-hybridized carbons (Fsp3) is 0.409. The Balaban J connectivity index is 1.81. The van der Waals surface area contributed by atoms with Crippen molar-refractivity contribution in [3.8, 4) is 17.2 Å². The minimum Gasteiger partial charge on any atom is -0.497 e. The first-order valence-electron chi connectivity index (χ1n) is 9.30. The molecule has 0 fully saturated rings. The number of amides is 1. The van der Waals surface area contributed by atoms with Crippen LogP contribution in [0.4, 0.5) is 0 Å². The first kappa shape index (κ1) is 21.6. The van der Waals surface area contributed by atoms with Gasteiger partial charge in [0.15, 0.2) is 11.5 Å². The normalized spacial score (nSPS) is 11.8. The van der Waals surface area contributed by atoms with Crippen LogP contribution in [0, 0.1) is 0 Å². The maximum Gasteiger partial charge on any atom is 0.234 e. The van der Waals surface area contributed by atoms with Crippen LogP contribution in [0.25, 0.3) is 0 Å². The number of likely N-dealkylation sites (N-methyl/N-ethyl adjacent to an activating group) is 1. The van der Waals surface area contributed by atoms with Crippen LogP contribution in [0.2, 0.25) is 0 Å². The second kappa shape index (κ2) is 10.6. The van der Waals surface area contributed by atoms with Crippen molar-refractivity contribution in [2.24, 2.45) is 0 Å². The molecule has 2 aromatic carbocycles. The highest BCUT2D eigenvalue weighted by atomic mass is 16.5. The lowest BCUT2D eigenvalue weighted by Gasteiger charge is -2.24. The van der Waals surface area contributed by atoms with E-state index in [0.717, 1.165) is 23.3 Å². The minimum absolute atomic E-state index is 0.00309. The number of nitrogens with one attached hydrogen (secondary N) is 1.